The first-order chi connectivity index (χ1) is 18.6. The Labute approximate surface area is 225 Å². The number of aryl methyl sites for hydroxylation is 1. The van der Waals surface area contributed by atoms with E-state index >= 15 is 0 Å². The summed E-state index contributed by atoms with van der Waals surface area (Å²) >= 11 is 1.26. The van der Waals surface area contributed by atoms with Crippen molar-refractivity contribution in [2.45, 2.75) is 18.5 Å². The molecule has 196 valence electrons. The molecule has 1 amide bonds. The molecule has 0 bridgehead atoms. The first-order valence-corrected chi connectivity index (χ1v) is 12.9. The van der Waals surface area contributed by atoms with E-state index in [0.717, 1.165) is 17.7 Å². The van der Waals surface area contributed by atoms with Gasteiger partial charge in [0.15, 0.2) is 22.5 Å². The number of nitrogens with zero attached hydrogens (tertiary/aromatic N) is 4. The molecule has 10 heteroatoms. The van der Waals surface area contributed by atoms with Gasteiger partial charge >= 0.3 is 0 Å². The Balaban J connectivity index is 1.56. The highest BCUT2D eigenvalue weighted by atomic mass is 32.2. The Hall–Kier alpha value is -4.31. The van der Waals surface area contributed by atoms with Crippen LogP contribution in [0.3, 0.4) is 0 Å². The number of carbonyl (C=O) groups excluding carboxylic acids is 1. The first kappa shape index (κ1) is 26.7. The number of methoxy groups -OCH3 is 3. The fourth-order valence-electron chi connectivity index (χ4n) is 3.75. The lowest BCUT2D eigenvalue weighted by atomic mass is 10.1. The molecule has 0 unspecified atom stereocenters. The van der Waals surface area contributed by atoms with Gasteiger partial charge in [0, 0.05) is 11.3 Å². The molecule has 0 atom stereocenters. The molecule has 0 aliphatic carbocycles. The number of thioether (sulfide) groups is 1. The fourth-order valence-corrected chi connectivity index (χ4v) is 4.50. The summed E-state index contributed by atoms with van der Waals surface area (Å²) in [5.41, 5.74) is 6.29. The Morgan fingerprint density at radius 2 is 1.66 bits per heavy atom. The minimum atomic E-state index is -0.256. The van der Waals surface area contributed by atoms with Crippen molar-refractivity contribution in [3.05, 3.63) is 77.9 Å². The number of amides is 1. The standard InChI is InChI=1S/C28H29N5O4S/c1-5-19-11-13-20(14-12-19)17-29-30-25(34)18-38-28-32-31-27(33(28)22-9-7-6-8-10-22)21-15-23(35-2)26(37-4)24(16-21)36-3/h6-17H,5,18H2,1-4H3,(H,30,34)/b29-17+. The van der Waals surface area contributed by atoms with Crippen molar-refractivity contribution in [2.75, 3.05) is 27.1 Å². The number of hydrogen-bond donors (Lipinski definition) is 1. The highest BCUT2D eigenvalue weighted by Gasteiger charge is 2.21. The van der Waals surface area contributed by atoms with E-state index in [4.69, 9.17) is 14.2 Å². The van der Waals surface area contributed by atoms with Gasteiger partial charge in [0.05, 0.1) is 33.3 Å². The smallest absolute Gasteiger partial charge is 0.250 e. The Morgan fingerprint density at radius 1 is 0.974 bits per heavy atom. The molecule has 3 aromatic carbocycles. The molecule has 0 fully saturated rings. The van der Waals surface area contributed by atoms with Crippen molar-refractivity contribution in [1.29, 1.82) is 0 Å². The van der Waals surface area contributed by atoms with Gasteiger partial charge in [0.1, 0.15) is 0 Å². The van der Waals surface area contributed by atoms with Gasteiger partial charge in [-0.3, -0.25) is 9.36 Å². The summed E-state index contributed by atoms with van der Waals surface area (Å²) in [5.74, 6) is 1.89. The van der Waals surface area contributed by atoms with Crippen LogP contribution in [0.5, 0.6) is 17.2 Å². The molecule has 0 aliphatic rings. The SMILES string of the molecule is CCc1ccc(/C=N/NC(=O)CSc2nnc(-c3cc(OC)c(OC)c(OC)c3)n2-c2ccccc2)cc1. The highest BCUT2D eigenvalue weighted by molar-refractivity contribution is 7.99. The number of para-hydroxylation sites is 1. The first-order valence-electron chi connectivity index (χ1n) is 11.9. The topological polar surface area (TPSA) is 99.9 Å². The summed E-state index contributed by atoms with van der Waals surface area (Å²) in [7, 11) is 4.68. The fraction of sp³-hybridized carbons (Fsp3) is 0.214. The van der Waals surface area contributed by atoms with Crippen LogP contribution in [-0.4, -0.2) is 54.0 Å². The van der Waals surface area contributed by atoms with E-state index in [-0.39, 0.29) is 11.7 Å². The second kappa shape index (κ2) is 12.8. The zero-order valence-corrected chi connectivity index (χ0v) is 22.5. The zero-order valence-electron chi connectivity index (χ0n) is 21.7. The predicted molar refractivity (Wildman–Crippen MR) is 149 cm³/mol. The predicted octanol–water partition coefficient (Wildman–Crippen LogP) is 4.76. The quantitative estimate of drug-likeness (QED) is 0.169. The number of nitrogens with one attached hydrogen (secondary N) is 1. The maximum atomic E-state index is 12.5. The van der Waals surface area contributed by atoms with Crippen molar-refractivity contribution < 1.29 is 19.0 Å². The lowest BCUT2D eigenvalue weighted by Crippen LogP contribution is -2.20. The Morgan fingerprint density at radius 3 is 2.26 bits per heavy atom. The van der Waals surface area contributed by atoms with Crippen molar-refractivity contribution >= 4 is 23.9 Å². The number of ether oxygens (including phenoxy) is 3. The average Bonchev–Trinajstić information content (AvgIpc) is 3.40. The Bertz CT molecular complexity index is 1380. The van der Waals surface area contributed by atoms with Gasteiger partial charge < -0.3 is 14.2 Å². The van der Waals surface area contributed by atoms with Crippen molar-refractivity contribution in [1.82, 2.24) is 20.2 Å². The van der Waals surface area contributed by atoms with Gasteiger partial charge in [-0.2, -0.15) is 5.10 Å². The van der Waals surface area contributed by atoms with Crippen LogP contribution in [-0.2, 0) is 11.2 Å². The lowest BCUT2D eigenvalue weighted by molar-refractivity contribution is -0.118. The molecule has 0 spiro atoms. The summed E-state index contributed by atoms with van der Waals surface area (Å²) in [5, 5.41) is 13.5. The minimum absolute atomic E-state index is 0.104. The van der Waals surface area contributed by atoms with Crippen LogP contribution >= 0.6 is 11.8 Å². The van der Waals surface area contributed by atoms with Crippen LogP contribution in [0.25, 0.3) is 17.1 Å². The summed E-state index contributed by atoms with van der Waals surface area (Å²) in [6, 6.07) is 21.3. The summed E-state index contributed by atoms with van der Waals surface area (Å²) in [4.78, 5) is 12.5. The van der Waals surface area contributed by atoms with Crippen molar-refractivity contribution in [3.63, 3.8) is 0 Å². The molecule has 9 nitrogen and oxygen atoms in total. The second-order valence-corrected chi connectivity index (χ2v) is 9.01. The third-order valence-corrected chi connectivity index (χ3v) is 6.62. The Kier molecular flexibility index (Phi) is 8.99. The second-order valence-electron chi connectivity index (χ2n) is 8.07. The molecule has 4 aromatic rings. The molecule has 4 rings (SSSR count). The van der Waals surface area contributed by atoms with Crippen LogP contribution < -0.4 is 19.6 Å². The molecule has 1 heterocycles. The zero-order chi connectivity index (χ0) is 26.9. The minimum Gasteiger partial charge on any atom is -0.493 e. The van der Waals surface area contributed by atoms with E-state index in [1.165, 1.54) is 17.3 Å². The van der Waals surface area contributed by atoms with Crippen LogP contribution in [0, 0.1) is 0 Å². The molecule has 38 heavy (non-hydrogen) atoms. The van der Waals surface area contributed by atoms with E-state index in [1.807, 2.05) is 71.3 Å². The molecule has 0 saturated heterocycles. The summed E-state index contributed by atoms with van der Waals surface area (Å²) < 4.78 is 18.4. The van der Waals surface area contributed by atoms with E-state index in [9.17, 15) is 4.79 Å². The summed E-state index contributed by atoms with van der Waals surface area (Å²) in [6.07, 6.45) is 2.59. The summed E-state index contributed by atoms with van der Waals surface area (Å²) in [6.45, 7) is 2.10. The van der Waals surface area contributed by atoms with Gasteiger partial charge in [-0.1, -0.05) is 61.2 Å². The molecular weight excluding hydrogens is 502 g/mol. The molecule has 0 aliphatic heterocycles. The average molecular weight is 532 g/mol. The molecule has 1 aromatic heterocycles. The van der Waals surface area contributed by atoms with Gasteiger partial charge in [-0.25, -0.2) is 5.43 Å². The maximum absolute atomic E-state index is 12.5. The van der Waals surface area contributed by atoms with Crippen LogP contribution in [0.1, 0.15) is 18.1 Å². The number of hydrazone groups is 1. The number of carbonyl (C=O) groups is 1. The number of benzene rings is 3. The maximum Gasteiger partial charge on any atom is 0.250 e. The van der Waals surface area contributed by atoms with E-state index < -0.39 is 0 Å². The van der Waals surface area contributed by atoms with Gasteiger partial charge in [-0.15, -0.1) is 10.2 Å². The van der Waals surface area contributed by atoms with Crippen LogP contribution in [0.2, 0.25) is 0 Å². The van der Waals surface area contributed by atoms with E-state index in [2.05, 4.69) is 27.6 Å². The lowest BCUT2D eigenvalue weighted by Gasteiger charge is -2.15. The highest BCUT2D eigenvalue weighted by Crippen LogP contribution is 2.41. The third kappa shape index (κ3) is 6.15. The van der Waals surface area contributed by atoms with E-state index in [1.54, 1.807) is 27.5 Å². The van der Waals surface area contributed by atoms with Crippen LogP contribution in [0.4, 0.5) is 0 Å². The molecule has 0 saturated carbocycles. The largest absolute Gasteiger partial charge is 0.493 e. The van der Waals surface area contributed by atoms with Gasteiger partial charge in [0.2, 0.25) is 5.75 Å². The molecule has 1 N–H and O–H groups in total. The van der Waals surface area contributed by atoms with Gasteiger partial charge in [0.25, 0.3) is 5.91 Å². The number of hydrogen-bond acceptors (Lipinski definition) is 8. The number of rotatable bonds is 11. The number of aromatic nitrogens is 3. The third-order valence-electron chi connectivity index (χ3n) is 5.69. The monoisotopic (exact) mass is 531 g/mol. The molecular formula is C28H29N5O4S. The van der Waals surface area contributed by atoms with E-state index in [0.29, 0.717) is 33.8 Å². The van der Waals surface area contributed by atoms with Crippen molar-refractivity contribution in [3.8, 4) is 34.3 Å². The van der Waals surface area contributed by atoms with Gasteiger partial charge in [-0.05, 0) is 41.8 Å². The normalized spacial score (nSPS) is 10.9. The molecule has 0 radical (unpaired) electrons. The van der Waals surface area contributed by atoms with Crippen molar-refractivity contribution in [2.24, 2.45) is 5.10 Å². The van der Waals surface area contributed by atoms with Crippen LogP contribution in [0.15, 0.2) is 77.0 Å².